The summed E-state index contributed by atoms with van der Waals surface area (Å²) in [6, 6.07) is 8.38. The number of aromatic nitrogens is 1. The van der Waals surface area contributed by atoms with Crippen molar-refractivity contribution < 1.29 is 22.7 Å². The van der Waals surface area contributed by atoms with Crippen molar-refractivity contribution in [1.29, 1.82) is 0 Å². The first kappa shape index (κ1) is 26.8. The van der Waals surface area contributed by atoms with Crippen LogP contribution in [0.3, 0.4) is 0 Å². The summed E-state index contributed by atoms with van der Waals surface area (Å²) in [6.45, 7) is 6.58. The number of carbonyl (C=O) groups excluding carboxylic acids is 1. The third-order valence-corrected chi connectivity index (χ3v) is 8.70. The van der Waals surface area contributed by atoms with Gasteiger partial charge in [-0.15, -0.1) is 0 Å². The molecule has 3 atom stereocenters. The van der Waals surface area contributed by atoms with Gasteiger partial charge in [-0.1, -0.05) is 43.1 Å². The summed E-state index contributed by atoms with van der Waals surface area (Å²) in [6.07, 6.45) is 0.392. The van der Waals surface area contributed by atoms with Crippen LogP contribution in [-0.4, -0.2) is 55.9 Å². The third-order valence-electron chi connectivity index (χ3n) is 6.16. The van der Waals surface area contributed by atoms with Crippen LogP contribution >= 0.6 is 23.2 Å². The summed E-state index contributed by atoms with van der Waals surface area (Å²) in [4.78, 5) is 16.0. The van der Waals surface area contributed by atoms with Gasteiger partial charge >= 0.3 is 10.2 Å². The lowest BCUT2D eigenvalue weighted by atomic mass is 9.94. The molecule has 9 nitrogen and oxygen atoms in total. The summed E-state index contributed by atoms with van der Waals surface area (Å²) < 4.78 is 42.3. The van der Waals surface area contributed by atoms with Gasteiger partial charge in [0.2, 0.25) is 11.8 Å². The standard InChI is InChI=1S/C24H30Cl2N4O5S/c1-15-9-16(2)12-29(11-15)36(32,33)30-13-18(10-27-17(3)31)35-22-7-8-23(28-24(22)30)34-14-19-20(25)5-4-6-21(19)26/h4-8,15-16,18H,9-14H2,1-3H3,(H,27,31). The van der Waals surface area contributed by atoms with Gasteiger partial charge in [0.25, 0.3) is 0 Å². The largest absolute Gasteiger partial charge is 0.483 e. The van der Waals surface area contributed by atoms with Crippen molar-refractivity contribution in [3.05, 3.63) is 45.9 Å². The monoisotopic (exact) mass is 556 g/mol. The SMILES string of the molecule is CC(=O)NCC1CN(S(=O)(=O)N2CC(C)CC(C)C2)c2nc(OCc3c(Cl)cccc3Cl)ccc2O1. The molecule has 1 saturated heterocycles. The van der Waals surface area contributed by atoms with Gasteiger partial charge in [0.1, 0.15) is 12.7 Å². The topological polar surface area (TPSA) is 101 Å². The molecule has 0 spiro atoms. The summed E-state index contributed by atoms with van der Waals surface area (Å²) in [5.74, 6) is 0.889. The van der Waals surface area contributed by atoms with Crippen molar-refractivity contribution in [2.75, 3.05) is 30.5 Å². The molecule has 2 aromatic rings. The average molecular weight is 558 g/mol. The molecular formula is C24H30Cl2N4O5S. The Bertz CT molecular complexity index is 1200. The van der Waals surface area contributed by atoms with Crippen molar-refractivity contribution in [3.8, 4) is 11.6 Å². The predicted molar refractivity (Wildman–Crippen MR) is 139 cm³/mol. The van der Waals surface area contributed by atoms with Gasteiger partial charge in [-0.05, 0) is 36.5 Å². The number of hydrogen-bond donors (Lipinski definition) is 1. The van der Waals surface area contributed by atoms with Gasteiger partial charge in [-0.3, -0.25) is 4.79 Å². The molecule has 1 N–H and O–H groups in total. The maximum absolute atomic E-state index is 13.9. The van der Waals surface area contributed by atoms with E-state index < -0.39 is 16.3 Å². The molecule has 1 aromatic carbocycles. The number of carbonyl (C=O) groups is 1. The smallest absolute Gasteiger partial charge is 0.305 e. The molecule has 3 heterocycles. The lowest BCUT2D eigenvalue weighted by Gasteiger charge is -2.40. The minimum atomic E-state index is -3.92. The lowest BCUT2D eigenvalue weighted by Crippen LogP contribution is -2.55. The van der Waals surface area contributed by atoms with Crippen LogP contribution in [-0.2, 0) is 21.6 Å². The molecule has 2 aliphatic heterocycles. The number of rotatable bonds is 7. The number of pyridine rings is 1. The number of anilines is 1. The molecule has 0 bridgehead atoms. The fourth-order valence-electron chi connectivity index (χ4n) is 4.57. The summed E-state index contributed by atoms with van der Waals surface area (Å²) in [5.41, 5.74) is 0.604. The first-order valence-corrected chi connectivity index (χ1v) is 14.0. The Hall–Kier alpha value is -2.27. The molecule has 36 heavy (non-hydrogen) atoms. The zero-order chi connectivity index (χ0) is 26.0. The highest BCUT2D eigenvalue weighted by Crippen LogP contribution is 2.37. The number of nitrogens with one attached hydrogen (secondary N) is 1. The van der Waals surface area contributed by atoms with Crippen LogP contribution in [0.1, 0.15) is 32.8 Å². The van der Waals surface area contributed by atoms with Gasteiger partial charge in [0.15, 0.2) is 11.6 Å². The van der Waals surface area contributed by atoms with Crippen LogP contribution in [0.5, 0.6) is 11.6 Å². The number of hydrogen-bond acceptors (Lipinski definition) is 6. The lowest BCUT2D eigenvalue weighted by molar-refractivity contribution is -0.119. The minimum absolute atomic E-state index is 0.00166. The van der Waals surface area contributed by atoms with E-state index in [4.69, 9.17) is 32.7 Å². The number of nitrogens with zero attached hydrogens (tertiary/aromatic N) is 3. The van der Waals surface area contributed by atoms with E-state index in [0.717, 1.165) is 6.42 Å². The summed E-state index contributed by atoms with van der Waals surface area (Å²) in [5, 5.41) is 3.62. The van der Waals surface area contributed by atoms with Crippen molar-refractivity contribution in [2.24, 2.45) is 11.8 Å². The molecule has 0 aliphatic carbocycles. The second kappa shape index (κ2) is 11.0. The zero-order valence-corrected chi connectivity index (χ0v) is 22.7. The molecule has 3 unspecified atom stereocenters. The summed E-state index contributed by atoms with van der Waals surface area (Å²) in [7, 11) is -3.92. The quantitative estimate of drug-likeness (QED) is 0.555. The Morgan fingerprint density at radius 3 is 2.44 bits per heavy atom. The van der Waals surface area contributed by atoms with Gasteiger partial charge < -0.3 is 14.8 Å². The van der Waals surface area contributed by atoms with E-state index in [1.807, 2.05) is 0 Å². The van der Waals surface area contributed by atoms with Crippen molar-refractivity contribution in [1.82, 2.24) is 14.6 Å². The van der Waals surface area contributed by atoms with Gasteiger partial charge in [0.05, 0.1) is 13.1 Å². The molecule has 0 radical (unpaired) electrons. The van der Waals surface area contributed by atoms with E-state index in [2.05, 4.69) is 24.1 Å². The molecule has 4 rings (SSSR count). The van der Waals surface area contributed by atoms with Gasteiger partial charge in [-0.25, -0.2) is 4.31 Å². The maximum Gasteiger partial charge on any atom is 0.305 e. The molecule has 1 fully saturated rings. The second-order valence-corrected chi connectivity index (χ2v) is 12.1. The van der Waals surface area contributed by atoms with Gasteiger partial charge in [-0.2, -0.15) is 17.7 Å². The molecular weight excluding hydrogens is 527 g/mol. The van der Waals surface area contributed by atoms with Crippen molar-refractivity contribution in [3.63, 3.8) is 0 Å². The van der Waals surface area contributed by atoms with E-state index in [-0.39, 0.29) is 49.1 Å². The van der Waals surface area contributed by atoms with Crippen LogP contribution in [0.15, 0.2) is 30.3 Å². The van der Waals surface area contributed by atoms with E-state index in [1.165, 1.54) is 15.5 Å². The second-order valence-electron chi connectivity index (χ2n) is 9.44. The molecule has 12 heteroatoms. The Labute approximate surface area is 221 Å². The zero-order valence-electron chi connectivity index (χ0n) is 20.4. The molecule has 1 amide bonds. The normalized spacial score (nSPS) is 22.5. The number of piperidine rings is 1. The first-order valence-electron chi connectivity index (χ1n) is 11.8. The predicted octanol–water partition coefficient (Wildman–Crippen LogP) is 3.89. The Morgan fingerprint density at radius 2 is 1.81 bits per heavy atom. The van der Waals surface area contributed by atoms with Crippen LogP contribution in [0.4, 0.5) is 5.82 Å². The molecule has 2 aliphatic rings. The maximum atomic E-state index is 13.9. The Balaban J connectivity index is 1.64. The number of ether oxygens (including phenoxy) is 2. The van der Waals surface area contributed by atoms with Crippen molar-refractivity contribution >= 4 is 45.1 Å². The van der Waals surface area contributed by atoms with Crippen LogP contribution < -0.4 is 19.1 Å². The van der Waals surface area contributed by atoms with E-state index >= 15 is 0 Å². The summed E-state index contributed by atoms with van der Waals surface area (Å²) >= 11 is 12.5. The van der Waals surface area contributed by atoms with Crippen LogP contribution in [0, 0.1) is 11.8 Å². The van der Waals surface area contributed by atoms with Crippen molar-refractivity contribution in [2.45, 2.75) is 39.9 Å². The Morgan fingerprint density at radius 1 is 1.14 bits per heavy atom. The van der Waals surface area contributed by atoms with E-state index in [1.54, 1.807) is 30.3 Å². The number of fused-ring (bicyclic) bond motifs is 1. The highest BCUT2D eigenvalue weighted by atomic mass is 35.5. The average Bonchev–Trinajstić information content (AvgIpc) is 2.81. The fourth-order valence-corrected chi connectivity index (χ4v) is 6.95. The first-order chi connectivity index (χ1) is 17.0. The van der Waals surface area contributed by atoms with Crippen LogP contribution in [0.25, 0.3) is 0 Å². The minimum Gasteiger partial charge on any atom is -0.483 e. The fraction of sp³-hybridized carbons (Fsp3) is 0.500. The number of halogens is 2. The van der Waals surface area contributed by atoms with Gasteiger partial charge in [0, 0.05) is 41.7 Å². The molecule has 1 aromatic heterocycles. The Kier molecular flexibility index (Phi) is 8.18. The highest BCUT2D eigenvalue weighted by Gasteiger charge is 2.40. The third kappa shape index (κ3) is 5.99. The van der Waals surface area contributed by atoms with E-state index in [9.17, 15) is 13.2 Å². The van der Waals surface area contributed by atoms with Crippen LogP contribution in [0.2, 0.25) is 10.0 Å². The molecule has 196 valence electrons. The van der Waals surface area contributed by atoms with E-state index in [0.29, 0.717) is 34.4 Å². The number of benzene rings is 1. The highest BCUT2D eigenvalue weighted by molar-refractivity contribution is 7.90. The molecule has 0 saturated carbocycles. The number of amides is 1.